The lowest BCUT2D eigenvalue weighted by Crippen LogP contribution is -2.23. The van der Waals surface area contributed by atoms with Crippen LogP contribution in [0.3, 0.4) is 0 Å². The summed E-state index contributed by atoms with van der Waals surface area (Å²) in [6.07, 6.45) is 1.97. The molecule has 11 heteroatoms. The van der Waals surface area contributed by atoms with Crippen molar-refractivity contribution in [1.29, 1.82) is 0 Å². The molecule has 2 heterocycles. The summed E-state index contributed by atoms with van der Waals surface area (Å²) in [5.41, 5.74) is 0.0791. The first-order valence-corrected chi connectivity index (χ1v) is 9.61. The zero-order valence-corrected chi connectivity index (χ0v) is 16.6. The number of nitrogens with one attached hydrogen (secondary N) is 1. The van der Waals surface area contributed by atoms with Crippen molar-refractivity contribution in [3.63, 3.8) is 0 Å². The van der Waals surface area contributed by atoms with Gasteiger partial charge >= 0.3 is 0 Å². The van der Waals surface area contributed by atoms with Crippen LogP contribution in [0.4, 0.5) is 23.0 Å². The van der Waals surface area contributed by atoms with Gasteiger partial charge in [0.25, 0.3) is 17.3 Å². The molecular weight excluding hydrogens is 404 g/mol. The minimum absolute atomic E-state index is 0.0320. The first kappa shape index (κ1) is 20.1. The molecule has 1 amide bonds. The second kappa shape index (κ2) is 7.94. The Bertz CT molecular complexity index is 1220. The van der Waals surface area contributed by atoms with E-state index in [1.54, 1.807) is 12.1 Å². The lowest BCUT2D eigenvalue weighted by atomic mass is 10.0. The van der Waals surface area contributed by atoms with E-state index < -0.39 is 27.1 Å². The number of aromatic nitrogens is 2. The third kappa shape index (κ3) is 3.84. The van der Waals surface area contributed by atoms with Crippen LogP contribution in [0.1, 0.15) is 28.8 Å². The largest absolute Gasteiger partial charge is 0.354 e. The van der Waals surface area contributed by atoms with Crippen LogP contribution in [0, 0.1) is 27.2 Å². The summed E-state index contributed by atoms with van der Waals surface area (Å²) in [7, 11) is 0. The molecule has 158 valence electrons. The van der Waals surface area contributed by atoms with Crippen molar-refractivity contribution in [3.8, 4) is 0 Å². The van der Waals surface area contributed by atoms with E-state index in [2.05, 4.69) is 15.3 Å². The number of hydrogen-bond donors (Lipinski definition) is 1. The zero-order chi connectivity index (χ0) is 22.1. The van der Waals surface area contributed by atoms with Gasteiger partial charge in [-0.1, -0.05) is 12.1 Å². The van der Waals surface area contributed by atoms with Crippen molar-refractivity contribution < 1.29 is 14.6 Å². The predicted molar refractivity (Wildman–Crippen MR) is 113 cm³/mol. The molecule has 0 radical (unpaired) electrons. The fourth-order valence-electron chi connectivity index (χ4n) is 3.61. The Hall–Kier alpha value is -4.15. The van der Waals surface area contributed by atoms with Crippen molar-refractivity contribution in [2.45, 2.75) is 19.8 Å². The molecule has 1 saturated heterocycles. The highest BCUT2D eigenvalue weighted by Gasteiger charge is 2.27. The Balaban J connectivity index is 1.79. The second-order valence-corrected chi connectivity index (χ2v) is 7.18. The van der Waals surface area contributed by atoms with E-state index in [1.165, 1.54) is 6.92 Å². The van der Waals surface area contributed by atoms with Gasteiger partial charge in [-0.05, 0) is 31.9 Å². The molecule has 31 heavy (non-hydrogen) atoms. The zero-order valence-electron chi connectivity index (χ0n) is 16.6. The maximum absolute atomic E-state index is 13.0. The molecule has 0 saturated carbocycles. The minimum atomic E-state index is -0.769. The van der Waals surface area contributed by atoms with Crippen molar-refractivity contribution in [1.82, 2.24) is 9.97 Å². The van der Waals surface area contributed by atoms with Gasteiger partial charge in [0.05, 0.1) is 32.5 Å². The molecule has 3 aromatic rings. The Morgan fingerprint density at radius 2 is 1.68 bits per heavy atom. The molecule has 1 N–H and O–H groups in total. The summed E-state index contributed by atoms with van der Waals surface area (Å²) in [5.74, 6) is -0.0179. The molecule has 1 aromatic heterocycles. The van der Waals surface area contributed by atoms with E-state index >= 15 is 0 Å². The molecule has 1 aliphatic heterocycles. The van der Waals surface area contributed by atoms with Gasteiger partial charge in [0.15, 0.2) is 11.6 Å². The van der Waals surface area contributed by atoms with Gasteiger partial charge in [0, 0.05) is 24.7 Å². The SMILES string of the molecule is Cc1c(C(=O)Nc2nc3ccccc3nc2N2CCCC2)cc([N+](=O)[O-])cc1[N+](=O)[O-]. The Labute approximate surface area is 176 Å². The Morgan fingerprint density at radius 1 is 1.03 bits per heavy atom. The smallest absolute Gasteiger partial charge is 0.279 e. The lowest BCUT2D eigenvalue weighted by molar-refractivity contribution is -0.394. The summed E-state index contributed by atoms with van der Waals surface area (Å²) >= 11 is 0. The molecule has 4 rings (SSSR count). The van der Waals surface area contributed by atoms with Crippen molar-refractivity contribution in [3.05, 3.63) is 67.8 Å². The molecule has 0 atom stereocenters. The van der Waals surface area contributed by atoms with E-state index in [9.17, 15) is 25.0 Å². The number of benzene rings is 2. The summed E-state index contributed by atoms with van der Waals surface area (Å²) in [4.78, 5) is 45.3. The van der Waals surface area contributed by atoms with Crippen molar-refractivity contribution in [2.24, 2.45) is 0 Å². The fraction of sp³-hybridized carbons (Fsp3) is 0.250. The number of hydrogen-bond acceptors (Lipinski definition) is 8. The standard InChI is InChI=1S/C20H18N6O5/c1-12-14(10-13(25(28)29)11-17(12)26(30)31)20(27)23-18-19(24-8-4-5-9-24)22-16-7-3-2-6-15(16)21-18/h2-3,6-7,10-11H,4-5,8-9H2,1H3,(H,21,23,27). The van der Waals surface area contributed by atoms with E-state index in [-0.39, 0.29) is 16.9 Å². The van der Waals surface area contributed by atoms with Crippen LogP contribution in [0.2, 0.25) is 0 Å². The quantitative estimate of drug-likeness (QED) is 0.485. The van der Waals surface area contributed by atoms with E-state index in [4.69, 9.17) is 0 Å². The molecule has 0 aliphatic carbocycles. The number of non-ortho nitro benzene ring substituents is 1. The molecular formula is C20H18N6O5. The third-order valence-electron chi connectivity index (χ3n) is 5.21. The summed E-state index contributed by atoms with van der Waals surface area (Å²) < 4.78 is 0. The number of nitrogens with zero attached hydrogens (tertiary/aromatic N) is 5. The van der Waals surface area contributed by atoms with Crippen LogP contribution in [0.15, 0.2) is 36.4 Å². The van der Waals surface area contributed by atoms with Crippen LogP contribution < -0.4 is 10.2 Å². The van der Waals surface area contributed by atoms with E-state index in [0.717, 1.165) is 38.1 Å². The first-order valence-electron chi connectivity index (χ1n) is 9.61. The van der Waals surface area contributed by atoms with Gasteiger partial charge in [-0.2, -0.15) is 0 Å². The number of amides is 1. The maximum atomic E-state index is 13.0. The van der Waals surface area contributed by atoms with Crippen LogP contribution in [-0.2, 0) is 0 Å². The summed E-state index contributed by atoms with van der Waals surface area (Å²) in [6, 6.07) is 9.09. The predicted octanol–water partition coefficient (Wildman–Crippen LogP) is 3.61. The highest BCUT2D eigenvalue weighted by molar-refractivity contribution is 6.07. The van der Waals surface area contributed by atoms with Gasteiger partial charge in [-0.25, -0.2) is 9.97 Å². The van der Waals surface area contributed by atoms with Crippen LogP contribution in [0.5, 0.6) is 0 Å². The van der Waals surface area contributed by atoms with E-state index in [1.807, 2.05) is 17.0 Å². The number of anilines is 2. The topological polar surface area (TPSA) is 144 Å². The number of fused-ring (bicyclic) bond motifs is 1. The Kier molecular flexibility index (Phi) is 5.15. The number of carbonyl (C=O) groups is 1. The van der Waals surface area contributed by atoms with Crippen LogP contribution in [0.25, 0.3) is 11.0 Å². The number of nitro groups is 2. The molecule has 2 aromatic carbocycles. The molecule has 0 unspecified atom stereocenters. The average molecular weight is 422 g/mol. The number of nitro benzene ring substituents is 2. The summed E-state index contributed by atoms with van der Waals surface area (Å²) in [6.45, 7) is 2.90. The van der Waals surface area contributed by atoms with Crippen LogP contribution in [-0.4, -0.2) is 38.8 Å². The van der Waals surface area contributed by atoms with Crippen LogP contribution >= 0.6 is 0 Å². The highest BCUT2D eigenvalue weighted by Crippen LogP contribution is 2.31. The van der Waals surface area contributed by atoms with Gasteiger partial charge in [-0.3, -0.25) is 25.0 Å². The summed E-state index contributed by atoms with van der Waals surface area (Å²) in [5, 5.41) is 25.2. The molecule has 0 bridgehead atoms. The van der Waals surface area contributed by atoms with Gasteiger partial charge in [0.2, 0.25) is 0 Å². The highest BCUT2D eigenvalue weighted by atomic mass is 16.6. The van der Waals surface area contributed by atoms with Gasteiger partial charge in [0.1, 0.15) is 0 Å². The second-order valence-electron chi connectivity index (χ2n) is 7.18. The third-order valence-corrected chi connectivity index (χ3v) is 5.21. The van der Waals surface area contributed by atoms with Crippen molar-refractivity contribution in [2.75, 3.05) is 23.3 Å². The number of para-hydroxylation sites is 2. The molecule has 11 nitrogen and oxygen atoms in total. The first-order chi connectivity index (χ1) is 14.8. The normalized spacial score (nSPS) is 13.4. The molecule has 1 fully saturated rings. The maximum Gasteiger partial charge on any atom is 0.279 e. The van der Waals surface area contributed by atoms with E-state index in [0.29, 0.717) is 16.9 Å². The molecule has 1 aliphatic rings. The van der Waals surface area contributed by atoms with Gasteiger partial charge in [-0.15, -0.1) is 0 Å². The van der Waals surface area contributed by atoms with Gasteiger partial charge < -0.3 is 10.2 Å². The lowest BCUT2D eigenvalue weighted by Gasteiger charge is -2.20. The van der Waals surface area contributed by atoms with Crippen molar-refractivity contribution >= 4 is 40.0 Å². The minimum Gasteiger partial charge on any atom is -0.354 e. The fourth-order valence-corrected chi connectivity index (χ4v) is 3.61. The number of carbonyl (C=O) groups excluding carboxylic acids is 1. The average Bonchev–Trinajstić information content (AvgIpc) is 3.27. The Morgan fingerprint density at radius 3 is 2.29 bits per heavy atom. The number of rotatable bonds is 5. The molecule has 0 spiro atoms. The monoisotopic (exact) mass is 422 g/mol.